The lowest BCUT2D eigenvalue weighted by Gasteiger charge is -2.37. The Morgan fingerprint density at radius 1 is 1.58 bits per heavy atom. The van der Waals surface area contributed by atoms with Gasteiger partial charge in [-0.25, -0.2) is 4.68 Å². The predicted molar refractivity (Wildman–Crippen MR) is 99.7 cm³/mol. The summed E-state index contributed by atoms with van der Waals surface area (Å²) in [5, 5.41) is 9.57. The molecule has 1 fully saturated rings. The maximum absolute atomic E-state index is 12.0. The topological polar surface area (TPSA) is 59.4 Å². The number of aromatic nitrogens is 2. The van der Waals surface area contributed by atoms with Gasteiger partial charge in [-0.05, 0) is 34.3 Å². The van der Waals surface area contributed by atoms with Gasteiger partial charge < -0.3 is 10.1 Å². The number of hydrogen-bond donors (Lipinski definition) is 1. The molecule has 3 rings (SSSR count). The Kier molecular flexibility index (Phi) is 5.70. The fourth-order valence-electron chi connectivity index (χ4n) is 2.86. The molecule has 0 spiro atoms. The van der Waals surface area contributed by atoms with E-state index in [0.717, 1.165) is 25.4 Å². The third kappa shape index (κ3) is 3.88. The quantitative estimate of drug-likeness (QED) is 0.816. The molecule has 3 heterocycles. The number of aryl methyl sites for hydroxylation is 1. The molecule has 6 nitrogen and oxygen atoms in total. The van der Waals surface area contributed by atoms with Crippen molar-refractivity contribution in [3.8, 4) is 0 Å². The first-order valence-corrected chi connectivity index (χ1v) is 9.58. The Hall–Kier alpha value is -1.22. The molecule has 0 saturated carbocycles. The van der Waals surface area contributed by atoms with Crippen LogP contribution in [-0.4, -0.2) is 47.0 Å². The third-order valence-corrected chi connectivity index (χ3v) is 5.89. The zero-order valence-electron chi connectivity index (χ0n) is 13.7. The Bertz CT molecular complexity index is 734. The minimum atomic E-state index is -0.146. The number of nitrogens with zero attached hydrogens (tertiary/aromatic N) is 3. The van der Waals surface area contributed by atoms with E-state index in [1.807, 2.05) is 0 Å². The fourth-order valence-corrected chi connectivity index (χ4v) is 4.22. The Morgan fingerprint density at radius 2 is 2.42 bits per heavy atom. The average Bonchev–Trinajstić information content (AvgIpc) is 3.09. The van der Waals surface area contributed by atoms with Crippen LogP contribution in [0.25, 0.3) is 0 Å². The lowest BCUT2D eigenvalue weighted by Crippen LogP contribution is -2.44. The summed E-state index contributed by atoms with van der Waals surface area (Å²) in [6.45, 7) is 5.37. The molecule has 0 radical (unpaired) electrons. The van der Waals surface area contributed by atoms with Crippen LogP contribution in [0.5, 0.6) is 0 Å². The van der Waals surface area contributed by atoms with E-state index < -0.39 is 0 Å². The van der Waals surface area contributed by atoms with E-state index in [9.17, 15) is 4.79 Å². The summed E-state index contributed by atoms with van der Waals surface area (Å²) in [4.78, 5) is 15.7. The number of nitrogens with one attached hydrogen (secondary N) is 1. The first kappa shape index (κ1) is 17.6. The second kappa shape index (κ2) is 7.77. The number of morpholine rings is 1. The molecule has 0 bridgehead atoms. The van der Waals surface area contributed by atoms with Crippen LogP contribution >= 0.6 is 27.3 Å². The van der Waals surface area contributed by atoms with Gasteiger partial charge in [0, 0.05) is 31.6 Å². The van der Waals surface area contributed by atoms with Crippen molar-refractivity contribution < 1.29 is 4.74 Å². The summed E-state index contributed by atoms with van der Waals surface area (Å²) >= 11 is 5.12. The zero-order valence-corrected chi connectivity index (χ0v) is 16.1. The summed E-state index contributed by atoms with van der Waals surface area (Å²) in [5.41, 5.74) is 0.577. The summed E-state index contributed by atoms with van der Waals surface area (Å²) in [5.74, 6) is 0. The van der Waals surface area contributed by atoms with Gasteiger partial charge >= 0.3 is 0 Å². The highest BCUT2D eigenvalue weighted by Gasteiger charge is 2.26. The van der Waals surface area contributed by atoms with Crippen LogP contribution < -0.4 is 10.9 Å². The van der Waals surface area contributed by atoms with Gasteiger partial charge in [0.15, 0.2) is 0 Å². The van der Waals surface area contributed by atoms with Crippen molar-refractivity contribution in [3.05, 3.63) is 43.4 Å². The van der Waals surface area contributed by atoms with Crippen molar-refractivity contribution in [1.82, 2.24) is 14.7 Å². The van der Waals surface area contributed by atoms with Crippen molar-refractivity contribution in [2.24, 2.45) is 7.05 Å². The third-order valence-electron chi connectivity index (χ3n) is 4.15. The molecule has 1 N–H and O–H groups in total. The first-order valence-electron chi connectivity index (χ1n) is 7.91. The molecule has 130 valence electrons. The Labute approximate surface area is 153 Å². The average molecular weight is 413 g/mol. The number of halogens is 1. The number of rotatable bonds is 5. The van der Waals surface area contributed by atoms with Crippen LogP contribution in [0.3, 0.4) is 0 Å². The number of anilines is 1. The van der Waals surface area contributed by atoms with E-state index in [4.69, 9.17) is 4.74 Å². The van der Waals surface area contributed by atoms with Crippen LogP contribution in [0.15, 0.2) is 33.0 Å². The predicted octanol–water partition coefficient (Wildman–Crippen LogP) is 2.48. The highest BCUT2D eigenvalue weighted by Crippen LogP contribution is 2.28. The molecule has 2 aromatic rings. The molecule has 8 heteroatoms. The van der Waals surface area contributed by atoms with Gasteiger partial charge in [-0.3, -0.25) is 9.69 Å². The van der Waals surface area contributed by atoms with Crippen molar-refractivity contribution in [3.63, 3.8) is 0 Å². The molecule has 1 aliphatic heterocycles. The molecule has 1 saturated heterocycles. The van der Waals surface area contributed by atoms with E-state index in [0.29, 0.717) is 11.0 Å². The number of hydrogen-bond acceptors (Lipinski definition) is 6. The molecule has 2 atom stereocenters. The van der Waals surface area contributed by atoms with Gasteiger partial charge in [0.25, 0.3) is 5.56 Å². The molecule has 0 aromatic carbocycles. The first-order chi connectivity index (χ1) is 11.6. The van der Waals surface area contributed by atoms with E-state index in [1.165, 1.54) is 9.56 Å². The van der Waals surface area contributed by atoms with E-state index >= 15 is 0 Å². The highest BCUT2D eigenvalue weighted by atomic mass is 79.9. The molecule has 2 unspecified atom stereocenters. The fraction of sp³-hybridized carbons (Fsp3) is 0.500. The van der Waals surface area contributed by atoms with Crippen LogP contribution in [0.2, 0.25) is 0 Å². The minimum Gasteiger partial charge on any atom is -0.381 e. The standard InChI is InChI=1S/C16H21BrN4O2S/c1-11-10-21(5-6-23-11)13(14-4-3-7-24-14)9-18-12-8-19-20(2)16(22)15(12)17/h3-4,7-8,11,13,18H,5-6,9-10H2,1-2H3. The molecular weight excluding hydrogens is 392 g/mol. The van der Waals surface area contributed by atoms with Crippen molar-refractivity contribution in [2.75, 3.05) is 31.6 Å². The Balaban J connectivity index is 1.78. The van der Waals surface area contributed by atoms with Crippen molar-refractivity contribution in [1.29, 1.82) is 0 Å². The maximum atomic E-state index is 12.0. The van der Waals surface area contributed by atoms with E-state index in [2.05, 4.69) is 55.7 Å². The molecule has 2 aromatic heterocycles. The van der Waals surface area contributed by atoms with Crippen molar-refractivity contribution in [2.45, 2.75) is 19.1 Å². The lowest BCUT2D eigenvalue weighted by atomic mass is 10.1. The van der Waals surface area contributed by atoms with Crippen LogP contribution in [-0.2, 0) is 11.8 Å². The zero-order chi connectivity index (χ0) is 17.1. The van der Waals surface area contributed by atoms with Crippen LogP contribution in [0.4, 0.5) is 5.69 Å². The maximum Gasteiger partial charge on any atom is 0.282 e. The second-order valence-electron chi connectivity index (χ2n) is 5.89. The van der Waals surface area contributed by atoms with Gasteiger partial charge in [-0.15, -0.1) is 11.3 Å². The number of thiophene rings is 1. The lowest BCUT2D eigenvalue weighted by molar-refractivity contribution is -0.0322. The van der Waals surface area contributed by atoms with Gasteiger partial charge in [0.2, 0.25) is 0 Å². The Morgan fingerprint density at radius 3 is 3.12 bits per heavy atom. The molecule has 24 heavy (non-hydrogen) atoms. The minimum absolute atomic E-state index is 0.146. The second-order valence-corrected chi connectivity index (χ2v) is 7.66. The SMILES string of the molecule is CC1CN(C(CNc2cnn(C)c(=O)c2Br)c2cccs2)CCO1. The monoisotopic (exact) mass is 412 g/mol. The normalized spacial score (nSPS) is 20.0. The molecule has 0 aliphatic carbocycles. The summed E-state index contributed by atoms with van der Waals surface area (Å²) in [6.07, 6.45) is 1.91. The molecule has 0 amide bonds. The summed E-state index contributed by atoms with van der Waals surface area (Å²) in [6, 6.07) is 4.48. The van der Waals surface area contributed by atoms with Crippen LogP contribution in [0, 0.1) is 0 Å². The summed E-state index contributed by atoms with van der Waals surface area (Å²) in [7, 11) is 1.64. The van der Waals surface area contributed by atoms with Gasteiger partial charge in [0.1, 0.15) is 4.47 Å². The van der Waals surface area contributed by atoms with Crippen molar-refractivity contribution >= 4 is 33.0 Å². The van der Waals surface area contributed by atoms with Gasteiger partial charge in [-0.1, -0.05) is 6.07 Å². The highest BCUT2D eigenvalue weighted by molar-refractivity contribution is 9.10. The van der Waals surface area contributed by atoms with E-state index in [1.54, 1.807) is 24.6 Å². The molecular formula is C16H21BrN4O2S. The largest absolute Gasteiger partial charge is 0.381 e. The summed E-state index contributed by atoms with van der Waals surface area (Å²) < 4.78 is 7.50. The van der Waals surface area contributed by atoms with E-state index in [-0.39, 0.29) is 17.7 Å². The molecule has 1 aliphatic rings. The van der Waals surface area contributed by atoms with Crippen LogP contribution in [0.1, 0.15) is 17.8 Å². The smallest absolute Gasteiger partial charge is 0.282 e. The number of ether oxygens (including phenoxy) is 1. The van der Waals surface area contributed by atoms with Gasteiger partial charge in [0.05, 0.1) is 30.6 Å². The van der Waals surface area contributed by atoms with Gasteiger partial charge in [-0.2, -0.15) is 5.10 Å².